The van der Waals surface area contributed by atoms with Gasteiger partial charge in [-0.3, -0.25) is 4.79 Å². The molecule has 0 bridgehead atoms. The molecule has 7 nitrogen and oxygen atoms in total. The highest BCUT2D eigenvalue weighted by Crippen LogP contribution is 2.15. The van der Waals surface area contributed by atoms with E-state index in [1.807, 2.05) is 42.5 Å². The van der Waals surface area contributed by atoms with Gasteiger partial charge in [0.25, 0.3) is 5.91 Å². The van der Waals surface area contributed by atoms with E-state index in [9.17, 15) is 18.0 Å². The lowest BCUT2D eigenvalue weighted by Gasteiger charge is -2.33. The zero-order chi connectivity index (χ0) is 23.0. The summed E-state index contributed by atoms with van der Waals surface area (Å²) >= 11 is 0. The summed E-state index contributed by atoms with van der Waals surface area (Å²) in [5, 5.41) is 1.21. The van der Waals surface area contributed by atoms with E-state index in [4.69, 9.17) is 4.74 Å². The highest BCUT2D eigenvalue weighted by molar-refractivity contribution is 7.92. The molecule has 0 unspecified atom stereocenters. The molecule has 170 valence electrons. The average Bonchev–Trinajstić information content (AvgIpc) is 2.81. The maximum absolute atomic E-state index is 12.5. The number of benzene rings is 2. The van der Waals surface area contributed by atoms with Crippen molar-refractivity contribution in [3.63, 3.8) is 0 Å². The zero-order valence-electron chi connectivity index (χ0n) is 18.1. The number of rotatable bonds is 9. The summed E-state index contributed by atoms with van der Waals surface area (Å²) in [6, 6.07) is 16.6. The van der Waals surface area contributed by atoms with Crippen LogP contribution in [0.3, 0.4) is 0 Å². The van der Waals surface area contributed by atoms with Crippen LogP contribution in [0.1, 0.15) is 24.5 Å². The van der Waals surface area contributed by atoms with E-state index < -0.39 is 10.0 Å². The Kier molecular flexibility index (Phi) is 8.19. The van der Waals surface area contributed by atoms with E-state index >= 15 is 0 Å². The molecule has 2 aromatic carbocycles. The van der Waals surface area contributed by atoms with Crippen LogP contribution in [-0.2, 0) is 26.0 Å². The van der Waals surface area contributed by atoms with Crippen molar-refractivity contribution in [3.05, 3.63) is 71.1 Å². The number of ketones is 1. The standard InChI is InChI=1S/C24H28N2O5S/c1-20(27)7-8-22-9-11-23(12-10-22)31-19-24(28)25-14-16-26(17-15-25)32(29,30)18-13-21-5-3-2-4-6-21/h2-6,9-13,18H,7-8,14-17,19H2,1H3/b18-13+. The normalized spacial score (nSPS) is 15.1. The number of piperazine rings is 1. The number of hydrogen-bond donors (Lipinski definition) is 0. The number of Topliss-reactive ketones (excluding diaryl/α,β-unsaturated/α-hetero) is 1. The van der Waals surface area contributed by atoms with Gasteiger partial charge in [0.05, 0.1) is 0 Å². The van der Waals surface area contributed by atoms with Gasteiger partial charge in [-0.15, -0.1) is 0 Å². The minimum Gasteiger partial charge on any atom is -0.484 e. The van der Waals surface area contributed by atoms with Crippen molar-refractivity contribution >= 4 is 27.8 Å². The third kappa shape index (κ3) is 7.03. The SMILES string of the molecule is CC(=O)CCc1ccc(OCC(=O)N2CCN(S(=O)(=O)/C=C/c3ccccc3)CC2)cc1. The molecule has 1 aliphatic rings. The van der Waals surface area contributed by atoms with Crippen LogP contribution in [0, 0.1) is 0 Å². The number of carbonyl (C=O) groups is 2. The first-order valence-electron chi connectivity index (χ1n) is 10.6. The Morgan fingerprint density at radius 2 is 1.62 bits per heavy atom. The fraction of sp³-hybridized carbons (Fsp3) is 0.333. The zero-order valence-corrected chi connectivity index (χ0v) is 19.0. The molecule has 8 heteroatoms. The number of sulfonamides is 1. The molecular formula is C24H28N2O5S. The largest absolute Gasteiger partial charge is 0.484 e. The van der Waals surface area contributed by atoms with Crippen LogP contribution in [0.25, 0.3) is 6.08 Å². The monoisotopic (exact) mass is 456 g/mol. The molecule has 1 fully saturated rings. The maximum atomic E-state index is 12.5. The summed E-state index contributed by atoms with van der Waals surface area (Å²) in [7, 11) is -3.54. The van der Waals surface area contributed by atoms with E-state index in [1.54, 1.807) is 30.0 Å². The van der Waals surface area contributed by atoms with Crippen LogP contribution in [0.2, 0.25) is 0 Å². The number of nitrogens with zero attached hydrogens (tertiary/aromatic N) is 2. The van der Waals surface area contributed by atoms with Crippen molar-refractivity contribution in [2.45, 2.75) is 19.8 Å². The summed E-state index contributed by atoms with van der Waals surface area (Å²) in [6.45, 7) is 2.61. The van der Waals surface area contributed by atoms with Gasteiger partial charge in [-0.25, -0.2) is 8.42 Å². The second-order valence-electron chi connectivity index (χ2n) is 7.67. The third-order valence-corrected chi connectivity index (χ3v) is 6.80. The lowest BCUT2D eigenvalue weighted by molar-refractivity contribution is -0.134. The molecule has 3 rings (SSSR count). The molecule has 0 spiro atoms. The maximum Gasteiger partial charge on any atom is 0.260 e. The Bertz CT molecular complexity index is 1040. The summed E-state index contributed by atoms with van der Waals surface area (Å²) in [5.74, 6) is 0.552. The van der Waals surface area contributed by atoms with Crippen LogP contribution >= 0.6 is 0 Å². The molecule has 1 aliphatic heterocycles. The van der Waals surface area contributed by atoms with Crippen molar-refractivity contribution < 1.29 is 22.7 Å². The topological polar surface area (TPSA) is 84.0 Å². The summed E-state index contributed by atoms with van der Waals surface area (Å²) in [6.07, 6.45) is 2.76. The van der Waals surface area contributed by atoms with E-state index in [-0.39, 0.29) is 31.4 Å². The van der Waals surface area contributed by atoms with Gasteiger partial charge >= 0.3 is 0 Å². The molecule has 1 saturated heterocycles. The molecule has 0 atom stereocenters. The van der Waals surface area contributed by atoms with E-state index in [0.29, 0.717) is 31.7 Å². The molecule has 0 radical (unpaired) electrons. The van der Waals surface area contributed by atoms with Crippen molar-refractivity contribution in [1.29, 1.82) is 0 Å². The number of carbonyl (C=O) groups excluding carboxylic acids is 2. The van der Waals surface area contributed by atoms with Gasteiger partial charge < -0.3 is 14.4 Å². The van der Waals surface area contributed by atoms with Crippen LogP contribution in [-0.4, -0.2) is 62.1 Å². The van der Waals surface area contributed by atoms with Gasteiger partial charge in [0.15, 0.2) is 6.61 Å². The van der Waals surface area contributed by atoms with Gasteiger partial charge in [0.2, 0.25) is 10.0 Å². The predicted molar refractivity (Wildman–Crippen MR) is 123 cm³/mol. The number of amides is 1. The van der Waals surface area contributed by atoms with E-state index in [2.05, 4.69) is 0 Å². The Morgan fingerprint density at radius 1 is 0.969 bits per heavy atom. The van der Waals surface area contributed by atoms with Crippen molar-refractivity contribution in [1.82, 2.24) is 9.21 Å². The van der Waals surface area contributed by atoms with Crippen LogP contribution < -0.4 is 4.74 Å². The predicted octanol–water partition coefficient (Wildman–Crippen LogP) is 2.73. The average molecular weight is 457 g/mol. The molecule has 1 heterocycles. The molecular weight excluding hydrogens is 428 g/mol. The summed E-state index contributed by atoms with van der Waals surface area (Å²) in [4.78, 5) is 25.2. The Balaban J connectivity index is 1.45. The van der Waals surface area contributed by atoms with Crippen LogP contribution in [0.15, 0.2) is 60.0 Å². The summed E-state index contributed by atoms with van der Waals surface area (Å²) in [5.41, 5.74) is 1.85. The second-order valence-corrected chi connectivity index (χ2v) is 9.49. The van der Waals surface area contributed by atoms with E-state index in [0.717, 1.165) is 11.1 Å². The number of hydrogen-bond acceptors (Lipinski definition) is 5. The first-order chi connectivity index (χ1) is 15.3. The van der Waals surface area contributed by atoms with Crippen LogP contribution in [0.5, 0.6) is 5.75 Å². The molecule has 0 aliphatic carbocycles. The van der Waals surface area contributed by atoms with Crippen molar-refractivity contribution in [3.8, 4) is 5.75 Å². The smallest absolute Gasteiger partial charge is 0.260 e. The highest BCUT2D eigenvalue weighted by Gasteiger charge is 2.27. The Labute approximate surface area is 189 Å². The Hall–Kier alpha value is -2.97. The fourth-order valence-electron chi connectivity index (χ4n) is 3.32. The lowest BCUT2D eigenvalue weighted by atomic mass is 10.1. The second kappa shape index (κ2) is 11.1. The molecule has 32 heavy (non-hydrogen) atoms. The Morgan fingerprint density at radius 3 is 2.25 bits per heavy atom. The van der Waals surface area contributed by atoms with Crippen molar-refractivity contribution in [2.75, 3.05) is 32.8 Å². The summed E-state index contributed by atoms with van der Waals surface area (Å²) < 4.78 is 32.1. The lowest BCUT2D eigenvalue weighted by Crippen LogP contribution is -2.51. The minimum atomic E-state index is -3.54. The minimum absolute atomic E-state index is 0.104. The molecule has 0 aromatic heterocycles. The van der Waals surface area contributed by atoms with Crippen LogP contribution in [0.4, 0.5) is 0 Å². The van der Waals surface area contributed by atoms with Gasteiger partial charge in [-0.1, -0.05) is 42.5 Å². The first-order valence-corrected chi connectivity index (χ1v) is 12.1. The first kappa shape index (κ1) is 23.7. The third-order valence-electron chi connectivity index (χ3n) is 5.23. The molecule has 0 saturated carbocycles. The quantitative estimate of drug-likeness (QED) is 0.579. The fourth-order valence-corrected chi connectivity index (χ4v) is 4.49. The highest BCUT2D eigenvalue weighted by atomic mass is 32.2. The number of ether oxygens (including phenoxy) is 1. The van der Waals surface area contributed by atoms with Gasteiger partial charge in [-0.2, -0.15) is 4.31 Å². The van der Waals surface area contributed by atoms with Gasteiger partial charge in [0.1, 0.15) is 11.5 Å². The van der Waals surface area contributed by atoms with E-state index in [1.165, 1.54) is 9.71 Å². The number of aryl methyl sites for hydroxylation is 1. The van der Waals surface area contributed by atoms with Gasteiger partial charge in [0, 0.05) is 38.0 Å². The van der Waals surface area contributed by atoms with Gasteiger partial charge in [-0.05, 0) is 42.7 Å². The van der Waals surface area contributed by atoms with Crippen molar-refractivity contribution in [2.24, 2.45) is 0 Å². The molecule has 0 N–H and O–H groups in total. The molecule has 2 aromatic rings. The molecule has 1 amide bonds.